The number of benzene rings is 2. The number of anilines is 2. The Labute approximate surface area is 185 Å². The van der Waals surface area contributed by atoms with Gasteiger partial charge in [0.2, 0.25) is 5.91 Å². The quantitative estimate of drug-likeness (QED) is 0.705. The SMILES string of the molecule is CCc1cc(N2CCC(O)(COc3ccc(F)c4c3CCC(=O)N4)CC2)c(F)cc1Cl. The Balaban J connectivity index is 1.42. The molecule has 2 N–H and O–H groups in total. The average Bonchev–Trinajstić information content (AvgIpc) is 2.75. The van der Waals surface area contributed by atoms with Gasteiger partial charge >= 0.3 is 0 Å². The fourth-order valence-electron chi connectivity index (χ4n) is 4.17. The van der Waals surface area contributed by atoms with Crippen molar-refractivity contribution >= 4 is 28.9 Å². The molecule has 1 amide bonds. The van der Waals surface area contributed by atoms with Crippen LogP contribution in [0.25, 0.3) is 0 Å². The van der Waals surface area contributed by atoms with Crippen LogP contribution in [-0.4, -0.2) is 36.3 Å². The third kappa shape index (κ3) is 4.48. The summed E-state index contributed by atoms with van der Waals surface area (Å²) in [6.45, 7) is 2.95. The van der Waals surface area contributed by atoms with Crippen molar-refractivity contribution in [2.24, 2.45) is 0 Å². The second kappa shape index (κ2) is 8.63. The summed E-state index contributed by atoms with van der Waals surface area (Å²) < 4.78 is 34.4. The highest BCUT2D eigenvalue weighted by molar-refractivity contribution is 6.31. The first-order chi connectivity index (χ1) is 14.8. The number of nitrogens with zero attached hydrogens (tertiary/aromatic N) is 1. The van der Waals surface area contributed by atoms with E-state index in [9.17, 15) is 18.7 Å². The monoisotopic (exact) mass is 450 g/mol. The van der Waals surface area contributed by atoms with Gasteiger partial charge in [0.05, 0.1) is 11.4 Å². The zero-order valence-electron chi connectivity index (χ0n) is 17.3. The molecule has 1 fully saturated rings. The standard InChI is InChI=1S/C23H25ClF2N2O3/c1-2-14-11-19(18(26)12-16(14)24)28-9-7-23(30,8-10-28)13-31-20-5-4-17(25)22-15(20)3-6-21(29)27-22/h4-5,11-12,30H,2-3,6-10,13H2,1H3,(H,27,29). The molecule has 31 heavy (non-hydrogen) atoms. The van der Waals surface area contributed by atoms with E-state index in [0.717, 1.165) is 5.56 Å². The van der Waals surface area contributed by atoms with Gasteiger partial charge in [-0.3, -0.25) is 4.79 Å². The Morgan fingerprint density at radius 2 is 1.94 bits per heavy atom. The highest BCUT2D eigenvalue weighted by atomic mass is 35.5. The summed E-state index contributed by atoms with van der Waals surface area (Å²) >= 11 is 6.09. The summed E-state index contributed by atoms with van der Waals surface area (Å²) in [7, 11) is 0. The minimum atomic E-state index is -1.08. The topological polar surface area (TPSA) is 61.8 Å². The van der Waals surface area contributed by atoms with Gasteiger partial charge in [0.1, 0.15) is 29.6 Å². The molecule has 8 heteroatoms. The van der Waals surface area contributed by atoms with Gasteiger partial charge in [-0.2, -0.15) is 0 Å². The van der Waals surface area contributed by atoms with Crippen LogP contribution < -0.4 is 15.0 Å². The molecular weight excluding hydrogens is 426 g/mol. The number of fused-ring (bicyclic) bond motifs is 1. The molecule has 0 aliphatic carbocycles. The average molecular weight is 451 g/mol. The van der Waals surface area contributed by atoms with Crippen LogP contribution in [0, 0.1) is 11.6 Å². The number of rotatable bonds is 5. The lowest BCUT2D eigenvalue weighted by Crippen LogP contribution is -2.48. The van der Waals surface area contributed by atoms with E-state index in [-0.39, 0.29) is 30.4 Å². The highest BCUT2D eigenvalue weighted by Crippen LogP contribution is 2.36. The smallest absolute Gasteiger partial charge is 0.224 e. The predicted octanol–water partition coefficient (Wildman–Crippen LogP) is 4.48. The molecule has 2 aliphatic rings. The van der Waals surface area contributed by atoms with Crippen LogP contribution in [0.2, 0.25) is 5.02 Å². The molecule has 4 rings (SSSR count). The van der Waals surface area contributed by atoms with Gasteiger partial charge in [-0.25, -0.2) is 8.78 Å². The highest BCUT2D eigenvalue weighted by Gasteiger charge is 2.35. The van der Waals surface area contributed by atoms with E-state index < -0.39 is 11.4 Å². The number of hydrogen-bond acceptors (Lipinski definition) is 4. The fourth-order valence-corrected chi connectivity index (χ4v) is 4.46. The van der Waals surface area contributed by atoms with E-state index >= 15 is 0 Å². The van der Waals surface area contributed by atoms with Crippen molar-refractivity contribution in [2.75, 3.05) is 29.9 Å². The number of halogens is 3. The maximum absolute atomic E-state index is 14.5. The Morgan fingerprint density at radius 1 is 1.19 bits per heavy atom. The molecule has 2 heterocycles. The van der Waals surface area contributed by atoms with Gasteiger partial charge in [0, 0.05) is 30.1 Å². The first-order valence-corrected chi connectivity index (χ1v) is 10.9. The number of amides is 1. The van der Waals surface area contributed by atoms with Crippen molar-refractivity contribution in [1.29, 1.82) is 0 Å². The molecule has 0 atom stereocenters. The van der Waals surface area contributed by atoms with E-state index in [4.69, 9.17) is 16.3 Å². The van der Waals surface area contributed by atoms with Gasteiger partial charge in [-0.05, 0) is 55.5 Å². The van der Waals surface area contributed by atoms with Gasteiger partial charge in [0.25, 0.3) is 0 Å². The third-order valence-corrected chi connectivity index (χ3v) is 6.47. The predicted molar refractivity (Wildman–Crippen MR) is 116 cm³/mol. The Bertz CT molecular complexity index is 1010. The summed E-state index contributed by atoms with van der Waals surface area (Å²) in [5.74, 6) is -0.637. The van der Waals surface area contributed by atoms with Gasteiger partial charge in [-0.1, -0.05) is 18.5 Å². The Hall–Kier alpha value is -2.38. The van der Waals surface area contributed by atoms with Crippen molar-refractivity contribution in [3.05, 3.63) is 52.0 Å². The van der Waals surface area contributed by atoms with Crippen LogP contribution in [0.3, 0.4) is 0 Å². The van der Waals surface area contributed by atoms with E-state index in [1.54, 1.807) is 6.07 Å². The van der Waals surface area contributed by atoms with Crippen molar-refractivity contribution in [2.45, 2.75) is 44.6 Å². The third-order valence-electron chi connectivity index (χ3n) is 6.11. The van der Waals surface area contributed by atoms with Crippen molar-refractivity contribution in [3.8, 4) is 5.75 Å². The molecule has 0 aromatic heterocycles. The molecule has 1 saturated heterocycles. The molecule has 0 radical (unpaired) electrons. The number of aryl methyl sites for hydroxylation is 1. The molecular formula is C23H25ClF2N2O3. The molecule has 0 unspecified atom stereocenters. The number of hydrogen-bond donors (Lipinski definition) is 2. The number of piperidine rings is 1. The Morgan fingerprint density at radius 3 is 2.65 bits per heavy atom. The molecule has 0 bridgehead atoms. The summed E-state index contributed by atoms with van der Waals surface area (Å²) in [4.78, 5) is 13.5. The van der Waals surface area contributed by atoms with E-state index in [2.05, 4.69) is 5.32 Å². The maximum atomic E-state index is 14.5. The van der Waals surface area contributed by atoms with Crippen LogP contribution in [0.15, 0.2) is 24.3 Å². The van der Waals surface area contributed by atoms with Crippen LogP contribution in [0.4, 0.5) is 20.2 Å². The molecule has 166 valence electrons. The van der Waals surface area contributed by atoms with Crippen LogP contribution >= 0.6 is 11.6 Å². The molecule has 2 aromatic carbocycles. The first-order valence-electron chi connectivity index (χ1n) is 10.5. The maximum Gasteiger partial charge on any atom is 0.224 e. The largest absolute Gasteiger partial charge is 0.490 e. The van der Waals surface area contributed by atoms with Crippen LogP contribution in [0.1, 0.15) is 37.3 Å². The van der Waals surface area contributed by atoms with Crippen molar-refractivity contribution in [3.63, 3.8) is 0 Å². The summed E-state index contributed by atoms with van der Waals surface area (Å²) in [5.41, 5.74) is 1.06. The minimum Gasteiger partial charge on any atom is -0.490 e. The summed E-state index contributed by atoms with van der Waals surface area (Å²) in [5, 5.41) is 14.0. The van der Waals surface area contributed by atoms with Crippen LogP contribution in [-0.2, 0) is 17.6 Å². The number of carbonyl (C=O) groups excluding carboxylic acids is 1. The van der Waals surface area contributed by atoms with E-state index in [0.29, 0.717) is 60.8 Å². The first kappa shape index (κ1) is 21.8. The normalized spacial score (nSPS) is 17.8. The number of nitrogens with one attached hydrogen (secondary N) is 1. The van der Waals surface area contributed by atoms with Gasteiger partial charge < -0.3 is 20.1 Å². The zero-order valence-corrected chi connectivity index (χ0v) is 18.1. The number of carbonyl (C=O) groups is 1. The lowest BCUT2D eigenvalue weighted by atomic mass is 9.91. The van der Waals surface area contributed by atoms with Crippen molar-refractivity contribution in [1.82, 2.24) is 0 Å². The van der Waals surface area contributed by atoms with Gasteiger partial charge in [-0.15, -0.1) is 0 Å². The lowest BCUT2D eigenvalue weighted by molar-refractivity contribution is -0.116. The molecule has 2 aliphatic heterocycles. The van der Waals surface area contributed by atoms with E-state index in [1.807, 2.05) is 11.8 Å². The number of ether oxygens (including phenoxy) is 1. The molecule has 0 saturated carbocycles. The van der Waals surface area contributed by atoms with E-state index in [1.165, 1.54) is 18.2 Å². The summed E-state index contributed by atoms with van der Waals surface area (Å²) in [6, 6.07) is 5.90. The Kier molecular flexibility index (Phi) is 6.08. The second-order valence-electron chi connectivity index (χ2n) is 8.20. The second-order valence-corrected chi connectivity index (χ2v) is 8.60. The fraction of sp³-hybridized carbons (Fsp3) is 0.435. The molecule has 2 aromatic rings. The minimum absolute atomic E-state index is 0.0379. The van der Waals surface area contributed by atoms with Crippen molar-refractivity contribution < 1.29 is 23.4 Å². The molecule has 5 nitrogen and oxygen atoms in total. The van der Waals surface area contributed by atoms with Crippen LogP contribution in [0.5, 0.6) is 5.75 Å². The zero-order chi connectivity index (χ0) is 22.2. The molecule has 0 spiro atoms. The van der Waals surface area contributed by atoms with Gasteiger partial charge in [0.15, 0.2) is 0 Å². The number of aliphatic hydroxyl groups is 1. The lowest BCUT2D eigenvalue weighted by Gasteiger charge is -2.39. The summed E-state index contributed by atoms with van der Waals surface area (Å²) in [6.07, 6.45) is 2.15.